The average molecular weight is 281 g/mol. The van der Waals surface area contributed by atoms with Gasteiger partial charge in [0.05, 0.1) is 0 Å². The highest BCUT2D eigenvalue weighted by atomic mass is 35.5. The molecular formula is C16H21ClO2. The molecule has 0 atom stereocenters. The van der Waals surface area contributed by atoms with Gasteiger partial charge >= 0.3 is 0 Å². The lowest BCUT2D eigenvalue weighted by molar-refractivity contribution is 0.470. The molecule has 2 nitrogen and oxygen atoms in total. The fraction of sp³-hybridized carbons (Fsp3) is 0.250. The van der Waals surface area contributed by atoms with Gasteiger partial charge in [-0.25, -0.2) is 0 Å². The molecule has 0 saturated carbocycles. The van der Waals surface area contributed by atoms with E-state index in [9.17, 15) is 0 Å². The van der Waals surface area contributed by atoms with Crippen LogP contribution in [0.1, 0.15) is 22.3 Å². The van der Waals surface area contributed by atoms with Crippen LogP contribution < -0.4 is 0 Å². The zero-order valence-electron chi connectivity index (χ0n) is 11.8. The Balaban J connectivity index is 0.000000324. The molecule has 0 amide bonds. The minimum absolute atomic E-state index is 0. The van der Waals surface area contributed by atoms with Crippen molar-refractivity contribution in [2.45, 2.75) is 27.7 Å². The number of hydrogen-bond acceptors (Lipinski definition) is 2. The largest absolute Gasteiger partial charge is 0.508 e. The maximum absolute atomic E-state index is 9.04. The second kappa shape index (κ2) is 7.70. The number of aromatic hydroxyl groups is 2. The van der Waals surface area contributed by atoms with Crippen LogP contribution in [0.15, 0.2) is 36.4 Å². The van der Waals surface area contributed by atoms with Crippen LogP contribution in [-0.2, 0) is 0 Å². The highest BCUT2D eigenvalue weighted by Gasteiger charge is 1.92. The number of phenolic OH excluding ortho intramolecular Hbond substituents is 2. The summed E-state index contributed by atoms with van der Waals surface area (Å²) < 4.78 is 0. The summed E-state index contributed by atoms with van der Waals surface area (Å²) in [5.74, 6) is 0.751. The van der Waals surface area contributed by atoms with Gasteiger partial charge in [-0.2, -0.15) is 0 Å². The van der Waals surface area contributed by atoms with Crippen LogP contribution in [0, 0.1) is 27.7 Å². The number of hydrogen-bond donors (Lipinski definition) is 2. The highest BCUT2D eigenvalue weighted by molar-refractivity contribution is 5.85. The Bertz CT molecular complexity index is 487. The Kier molecular flexibility index (Phi) is 7.02. The highest BCUT2D eigenvalue weighted by Crippen LogP contribution is 2.16. The number of phenols is 2. The molecule has 0 aliphatic heterocycles. The molecule has 104 valence electrons. The monoisotopic (exact) mass is 280 g/mol. The third-order valence-corrected chi connectivity index (χ3v) is 2.70. The lowest BCUT2D eigenvalue weighted by Crippen LogP contribution is -1.75. The van der Waals surface area contributed by atoms with E-state index in [1.54, 1.807) is 12.1 Å². The van der Waals surface area contributed by atoms with E-state index in [2.05, 4.69) is 0 Å². The molecule has 2 rings (SSSR count). The fourth-order valence-corrected chi connectivity index (χ4v) is 1.61. The topological polar surface area (TPSA) is 40.5 Å². The van der Waals surface area contributed by atoms with E-state index in [1.165, 1.54) is 11.1 Å². The fourth-order valence-electron chi connectivity index (χ4n) is 1.61. The maximum Gasteiger partial charge on any atom is 0.118 e. The van der Waals surface area contributed by atoms with Crippen molar-refractivity contribution in [2.75, 3.05) is 0 Å². The summed E-state index contributed by atoms with van der Waals surface area (Å²) in [6, 6.07) is 11.1. The zero-order valence-corrected chi connectivity index (χ0v) is 12.6. The smallest absolute Gasteiger partial charge is 0.118 e. The first-order valence-electron chi connectivity index (χ1n) is 5.92. The van der Waals surface area contributed by atoms with Gasteiger partial charge in [0.25, 0.3) is 0 Å². The van der Waals surface area contributed by atoms with Gasteiger partial charge in [0.1, 0.15) is 11.5 Å². The van der Waals surface area contributed by atoms with Crippen molar-refractivity contribution in [1.82, 2.24) is 0 Å². The predicted molar refractivity (Wildman–Crippen MR) is 82.4 cm³/mol. The van der Waals surface area contributed by atoms with E-state index in [-0.39, 0.29) is 12.4 Å². The first-order valence-corrected chi connectivity index (χ1v) is 5.92. The van der Waals surface area contributed by atoms with Crippen LogP contribution in [0.3, 0.4) is 0 Å². The van der Waals surface area contributed by atoms with Gasteiger partial charge in [-0.1, -0.05) is 35.4 Å². The first kappa shape index (κ1) is 17.3. The Morgan fingerprint density at radius 3 is 1.16 bits per heavy atom. The lowest BCUT2D eigenvalue weighted by Gasteiger charge is -1.97. The standard InChI is InChI=1S/2C8H10O.ClH/c2*1-6-3-4-8(9)7(2)5-6;/h2*3-5,9H,1-2H3;1H. The molecule has 0 bridgehead atoms. The van der Waals surface area contributed by atoms with Crippen molar-refractivity contribution in [3.05, 3.63) is 58.7 Å². The molecule has 0 fully saturated rings. The predicted octanol–water partition coefficient (Wildman–Crippen LogP) is 4.44. The van der Waals surface area contributed by atoms with E-state index in [0.717, 1.165) is 11.1 Å². The van der Waals surface area contributed by atoms with Crippen LogP contribution in [0.5, 0.6) is 11.5 Å². The summed E-state index contributed by atoms with van der Waals surface area (Å²) in [6.45, 7) is 7.80. The van der Waals surface area contributed by atoms with Crippen LogP contribution in [0.4, 0.5) is 0 Å². The summed E-state index contributed by atoms with van der Waals surface area (Å²) >= 11 is 0. The Labute approximate surface area is 121 Å². The van der Waals surface area contributed by atoms with E-state index < -0.39 is 0 Å². The molecule has 2 aromatic rings. The summed E-state index contributed by atoms with van der Waals surface area (Å²) in [7, 11) is 0. The van der Waals surface area contributed by atoms with Gasteiger partial charge < -0.3 is 10.2 Å². The van der Waals surface area contributed by atoms with Crippen LogP contribution in [0.2, 0.25) is 0 Å². The van der Waals surface area contributed by atoms with Gasteiger partial charge in [0, 0.05) is 0 Å². The number of halogens is 1. The summed E-state index contributed by atoms with van der Waals surface area (Å²) in [5.41, 5.74) is 4.25. The molecule has 3 heteroatoms. The van der Waals surface area contributed by atoms with Crippen molar-refractivity contribution in [3.63, 3.8) is 0 Å². The number of benzene rings is 2. The number of rotatable bonds is 0. The molecule has 0 aliphatic carbocycles. The average Bonchev–Trinajstić information content (AvgIpc) is 2.30. The molecule has 0 unspecified atom stereocenters. The quantitative estimate of drug-likeness (QED) is 0.749. The molecule has 0 heterocycles. The molecular weight excluding hydrogens is 260 g/mol. The van der Waals surface area contributed by atoms with Crippen molar-refractivity contribution >= 4 is 12.4 Å². The Morgan fingerprint density at radius 2 is 0.947 bits per heavy atom. The zero-order chi connectivity index (χ0) is 13.7. The maximum atomic E-state index is 9.04. The van der Waals surface area contributed by atoms with Crippen LogP contribution >= 0.6 is 12.4 Å². The van der Waals surface area contributed by atoms with Crippen LogP contribution in [0.25, 0.3) is 0 Å². The molecule has 2 aromatic carbocycles. The summed E-state index contributed by atoms with van der Waals surface area (Å²) in [5, 5.41) is 18.1. The molecule has 0 radical (unpaired) electrons. The van der Waals surface area contributed by atoms with Gasteiger partial charge in [0.2, 0.25) is 0 Å². The molecule has 0 spiro atoms. The molecule has 19 heavy (non-hydrogen) atoms. The SMILES string of the molecule is Cc1ccc(O)c(C)c1.Cc1ccc(O)c(C)c1.Cl. The Hall–Kier alpha value is -1.67. The van der Waals surface area contributed by atoms with E-state index in [0.29, 0.717) is 11.5 Å². The van der Waals surface area contributed by atoms with Crippen molar-refractivity contribution in [3.8, 4) is 11.5 Å². The minimum atomic E-state index is 0. The first-order chi connectivity index (χ1) is 8.40. The normalized spacial score (nSPS) is 9.05. The number of aryl methyl sites for hydroxylation is 4. The Morgan fingerprint density at radius 1 is 0.632 bits per heavy atom. The second-order valence-electron chi connectivity index (χ2n) is 4.58. The van der Waals surface area contributed by atoms with E-state index >= 15 is 0 Å². The molecule has 0 aromatic heterocycles. The van der Waals surface area contributed by atoms with E-state index in [1.807, 2.05) is 52.0 Å². The third-order valence-electron chi connectivity index (χ3n) is 2.70. The van der Waals surface area contributed by atoms with Gasteiger partial charge in [-0.05, 0) is 51.0 Å². The second-order valence-corrected chi connectivity index (χ2v) is 4.58. The van der Waals surface area contributed by atoms with Crippen molar-refractivity contribution in [1.29, 1.82) is 0 Å². The van der Waals surface area contributed by atoms with E-state index in [4.69, 9.17) is 10.2 Å². The molecule has 0 saturated heterocycles. The van der Waals surface area contributed by atoms with Gasteiger partial charge in [0.15, 0.2) is 0 Å². The minimum Gasteiger partial charge on any atom is -0.508 e. The molecule has 2 N–H and O–H groups in total. The lowest BCUT2D eigenvalue weighted by atomic mass is 10.1. The van der Waals surface area contributed by atoms with Gasteiger partial charge in [-0.15, -0.1) is 12.4 Å². The van der Waals surface area contributed by atoms with Crippen molar-refractivity contribution < 1.29 is 10.2 Å². The van der Waals surface area contributed by atoms with Gasteiger partial charge in [-0.3, -0.25) is 0 Å². The van der Waals surface area contributed by atoms with Crippen molar-refractivity contribution in [2.24, 2.45) is 0 Å². The van der Waals surface area contributed by atoms with Crippen LogP contribution in [-0.4, -0.2) is 10.2 Å². The third kappa shape index (κ3) is 5.66. The molecule has 0 aliphatic rings. The summed E-state index contributed by atoms with van der Waals surface area (Å²) in [6.07, 6.45) is 0. The summed E-state index contributed by atoms with van der Waals surface area (Å²) in [4.78, 5) is 0.